The van der Waals surface area contributed by atoms with E-state index in [4.69, 9.17) is 10.5 Å². The van der Waals surface area contributed by atoms with E-state index < -0.39 is 0 Å². The quantitative estimate of drug-likeness (QED) is 0.816. The summed E-state index contributed by atoms with van der Waals surface area (Å²) in [6.07, 6.45) is 4.89. The minimum atomic E-state index is -0.336. The van der Waals surface area contributed by atoms with Crippen molar-refractivity contribution in [2.24, 2.45) is 5.92 Å². The molecule has 1 aromatic carbocycles. The van der Waals surface area contributed by atoms with Crippen LogP contribution in [0.1, 0.15) is 38.2 Å². The van der Waals surface area contributed by atoms with E-state index in [0.29, 0.717) is 12.2 Å². The zero-order valence-corrected chi connectivity index (χ0v) is 10.3. The molecule has 1 saturated carbocycles. The minimum Gasteiger partial charge on any atom is -0.396 e. The molecule has 1 aliphatic rings. The third-order valence-electron chi connectivity index (χ3n) is 3.55. The molecule has 2 rings (SSSR count). The first-order chi connectivity index (χ1) is 8.16. The Morgan fingerprint density at radius 2 is 2.00 bits per heavy atom. The molecular formula is C14H20FNO. The molecule has 17 heavy (non-hydrogen) atoms. The Balaban J connectivity index is 1.87. The number of hydrogen-bond acceptors (Lipinski definition) is 2. The average molecular weight is 237 g/mol. The van der Waals surface area contributed by atoms with Crippen LogP contribution in [-0.2, 0) is 11.3 Å². The molecule has 0 saturated heterocycles. The summed E-state index contributed by atoms with van der Waals surface area (Å²) in [5.74, 6) is 0.468. The molecule has 3 heteroatoms. The smallest absolute Gasteiger partial charge is 0.151 e. The maximum Gasteiger partial charge on any atom is 0.151 e. The van der Waals surface area contributed by atoms with Crippen molar-refractivity contribution in [3.63, 3.8) is 0 Å². The third-order valence-corrected chi connectivity index (χ3v) is 3.55. The van der Waals surface area contributed by atoms with Gasteiger partial charge in [-0.15, -0.1) is 0 Å². The molecule has 94 valence electrons. The minimum absolute atomic E-state index is 0.198. The highest BCUT2D eigenvalue weighted by Crippen LogP contribution is 2.26. The monoisotopic (exact) mass is 237 g/mol. The lowest BCUT2D eigenvalue weighted by Gasteiger charge is -2.26. The number of nitrogen functional groups attached to an aromatic ring is 1. The molecule has 0 amide bonds. The molecule has 0 aliphatic heterocycles. The Morgan fingerprint density at radius 3 is 2.71 bits per heavy atom. The van der Waals surface area contributed by atoms with E-state index in [-0.39, 0.29) is 17.6 Å². The molecule has 0 spiro atoms. The summed E-state index contributed by atoms with van der Waals surface area (Å²) in [4.78, 5) is 0. The van der Waals surface area contributed by atoms with Crippen molar-refractivity contribution in [2.75, 3.05) is 5.73 Å². The van der Waals surface area contributed by atoms with Gasteiger partial charge in [-0.25, -0.2) is 4.39 Å². The van der Waals surface area contributed by atoms with E-state index in [2.05, 4.69) is 6.92 Å². The van der Waals surface area contributed by atoms with Gasteiger partial charge in [-0.1, -0.05) is 19.1 Å². The van der Waals surface area contributed by atoms with Crippen LogP contribution in [0, 0.1) is 11.7 Å². The Labute approximate surface area is 102 Å². The molecule has 0 atom stereocenters. The lowest BCUT2D eigenvalue weighted by Crippen LogP contribution is -2.20. The Morgan fingerprint density at radius 1 is 1.29 bits per heavy atom. The Bertz CT molecular complexity index is 372. The molecule has 0 bridgehead atoms. The SMILES string of the molecule is CC1CCC(OCc2cccc(N)c2F)CC1. The predicted molar refractivity (Wildman–Crippen MR) is 67.0 cm³/mol. The van der Waals surface area contributed by atoms with Crippen LogP contribution in [0.25, 0.3) is 0 Å². The van der Waals surface area contributed by atoms with Crippen LogP contribution in [-0.4, -0.2) is 6.10 Å². The first-order valence-corrected chi connectivity index (χ1v) is 6.31. The van der Waals surface area contributed by atoms with Crippen LogP contribution in [0.15, 0.2) is 18.2 Å². The number of nitrogens with two attached hydrogens (primary N) is 1. The number of rotatable bonds is 3. The van der Waals surface area contributed by atoms with E-state index in [1.54, 1.807) is 18.2 Å². The van der Waals surface area contributed by atoms with Gasteiger partial charge in [0.15, 0.2) is 5.82 Å². The predicted octanol–water partition coefficient (Wildman–Crippen LogP) is 3.50. The molecule has 1 fully saturated rings. The van der Waals surface area contributed by atoms with E-state index in [0.717, 1.165) is 18.8 Å². The Hall–Kier alpha value is -1.09. The van der Waals surface area contributed by atoms with Gasteiger partial charge in [-0.3, -0.25) is 0 Å². The molecule has 2 nitrogen and oxygen atoms in total. The summed E-state index contributed by atoms with van der Waals surface area (Å²) in [6, 6.07) is 5.07. The lowest BCUT2D eigenvalue weighted by molar-refractivity contribution is 0.00764. The van der Waals surface area contributed by atoms with Crippen LogP contribution in [0.4, 0.5) is 10.1 Å². The maximum absolute atomic E-state index is 13.6. The molecule has 0 aromatic heterocycles. The van der Waals surface area contributed by atoms with Gasteiger partial charge >= 0.3 is 0 Å². The summed E-state index contributed by atoms with van der Waals surface area (Å²) in [5, 5.41) is 0. The fourth-order valence-corrected chi connectivity index (χ4v) is 2.31. The molecule has 2 N–H and O–H groups in total. The number of halogens is 1. The molecule has 1 aliphatic carbocycles. The fraction of sp³-hybridized carbons (Fsp3) is 0.571. The molecule has 0 heterocycles. The standard InChI is InChI=1S/C14H20FNO/c1-10-5-7-12(8-6-10)17-9-11-3-2-4-13(16)14(11)15/h2-4,10,12H,5-9,16H2,1H3. The molecule has 1 aromatic rings. The summed E-state index contributed by atoms with van der Waals surface area (Å²) in [6.45, 7) is 2.60. The first kappa shape index (κ1) is 12.4. The molecular weight excluding hydrogens is 217 g/mol. The van der Waals surface area contributed by atoms with Crippen molar-refractivity contribution in [3.8, 4) is 0 Å². The second-order valence-corrected chi connectivity index (χ2v) is 5.01. The number of hydrogen-bond donors (Lipinski definition) is 1. The topological polar surface area (TPSA) is 35.2 Å². The van der Waals surface area contributed by atoms with Gasteiger partial charge < -0.3 is 10.5 Å². The highest BCUT2D eigenvalue weighted by molar-refractivity contribution is 5.42. The van der Waals surface area contributed by atoms with Crippen LogP contribution in [0.2, 0.25) is 0 Å². The van der Waals surface area contributed by atoms with E-state index in [1.165, 1.54) is 12.8 Å². The highest BCUT2D eigenvalue weighted by Gasteiger charge is 2.19. The zero-order chi connectivity index (χ0) is 12.3. The zero-order valence-electron chi connectivity index (χ0n) is 10.3. The van der Waals surface area contributed by atoms with Gasteiger partial charge in [-0.2, -0.15) is 0 Å². The number of benzene rings is 1. The van der Waals surface area contributed by atoms with Gasteiger partial charge in [0.05, 0.1) is 18.4 Å². The average Bonchev–Trinajstić information content (AvgIpc) is 2.33. The van der Waals surface area contributed by atoms with E-state index >= 15 is 0 Å². The molecule has 0 unspecified atom stereocenters. The fourth-order valence-electron chi connectivity index (χ4n) is 2.31. The highest BCUT2D eigenvalue weighted by atomic mass is 19.1. The van der Waals surface area contributed by atoms with Gasteiger partial charge in [0.1, 0.15) is 0 Å². The third kappa shape index (κ3) is 3.19. The van der Waals surface area contributed by atoms with Gasteiger partial charge in [0.2, 0.25) is 0 Å². The van der Waals surface area contributed by atoms with Crippen molar-refractivity contribution < 1.29 is 9.13 Å². The van der Waals surface area contributed by atoms with E-state index in [1.807, 2.05) is 0 Å². The summed E-state index contributed by atoms with van der Waals surface area (Å²) in [5.41, 5.74) is 6.27. The van der Waals surface area contributed by atoms with Crippen molar-refractivity contribution in [2.45, 2.75) is 45.3 Å². The van der Waals surface area contributed by atoms with Crippen LogP contribution >= 0.6 is 0 Å². The van der Waals surface area contributed by atoms with Gasteiger partial charge in [-0.05, 0) is 37.7 Å². The number of anilines is 1. The van der Waals surface area contributed by atoms with Crippen molar-refractivity contribution >= 4 is 5.69 Å². The number of ether oxygens (including phenoxy) is 1. The summed E-state index contributed by atoms with van der Waals surface area (Å²) < 4.78 is 19.4. The largest absolute Gasteiger partial charge is 0.396 e. The summed E-state index contributed by atoms with van der Waals surface area (Å²) >= 11 is 0. The second kappa shape index (κ2) is 5.50. The van der Waals surface area contributed by atoms with Crippen LogP contribution in [0.5, 0.6) is 0 Å². The first-order valence-electron chi connectivity index (χ1n) is 6.31. The van der Waals surface area contributed by atoms with Crippen LogP contribution < -0.4 is 5.73 Å². The summed E-state index contributed by atoms with van der Waals surface area (Å²) in [7, 11) is 0. The van der Waals surface area contributed by atoms with Crippen molar-refractivity contribution in [3.05, 3.63) is 29.6 Å². The van der Waals surface area contributed by atoms with E-state index in [9.17, 15) is 4.39 Å². The second-order valence-electron chi connectivity index (χ2n) is 5.01. The lowest BCUT2D eigenvalue weighted by atomic mass is 9.89. The van der Waals surface area contributed by atoms with Gasteiger partial charge in [0, 0.05) is 5.56 Å². The maximum atomic E-state index is 13.6. The molecule has 0 radical (unpaired) electrons. The van der Waals surface area contributed by atoms with Crippen molar-refractivity contribution in [1.82, 2.24) is 0 Å². The normalized spacial score (nSPS) is 24.8. The van der Waals surface area contributed by atoms with Crippen LogP contribution in [0.3, 0.4) is 0 Å². The van der Waals surface area contributed by atoms with Gasteiger partial charge in [0.25, 0.3) is 0 Å². The van der Waals surface area contributed by atoms with Crippen molar-refractivity contribution in [1.29, 1.82) is 0 Å². The Kier molecular flexibility index (Phi) is 4.00.